The number of ketones is 1. The summed E-state index contributed by atoms with van der Waals surface area (Å²) in [6.07, 6.45) is -0.194. The molecule has 8 rings (SSSR count). The average Bonchev–Trinajstić information content (AvgIpc) is 3.24. The molecule has 1 aliphatic heterocycles. The van der Waals surface area contributed by atoms with Crippen LogP contribution in [0, 0.1) is 23.2 Å². The van der Waals surface area contributed by atoms with Crippen molar-refractivity contribution in [2.75, 3.05) is 6.61 Å². The maximum atomic E-state index is 13.9. The van der Waals surface area contributed by atoms with Crippen LogP contribution in [0.5, 0.6) is 0 Å². The van der Waals surface area contributed by atoms with Crippen LogP contribution in [-0.2, 0) is 35.1 Å². The quantitative estimate of drug-likeness (QED) is 0.358. The zero-order valence-corrected chi connectivity index (χ0v) is 21.9. The Labute approximate surface area is 228 Å². The Balaban J connectivity index is 1.27. The Hall–Kier alpha value is -3.32. The molecule has 5 fully saturated rings. The van der Waals surface area contributed by atoms with E-state index >= 15 is 0 Å². The molecule has 2 unspecified atom stereocenters. The number of Topliss-reactive ketones (excluding diaryl/α,β-unsaturated/α-hetero) is 1. The van der Waals surface area contributed by atoms with Crippen molar-refractivity contribution in [1.29, 1.82) is 0 Å². The van der Waals surface area contributed by atoms with E-state index in [2.05, 4.69) is 0 Å². The highest BCUT2D eigenvalue weighted by molar-refractivity contribution is 6.05. The van der Waals surface area contributed by atoms with Crippen LogP contribution in [0.3, 0.4) is 0 Å². The van der Waals surface area contributed by atoms with E-state index in [0.717, 1.165) is 16.7 Å². The van der Waals surface area contributed by atoms with Gasteiger partial charge in [0.15, 0.2) is 6.29 Å². The molecule has 0 amide bonds. The van der Waals surface area contributed by atoms with E-state index in [0.29, 0.717) is 19.4 Å². The molecule has 1 heterocycles. The maximum absolute atomic E-state index is 13.9. The lowest BCUT2D eigenvalue weighted by molar-refractivity contribution is -0.192. The summed E-state index contributed by atoms with van der Waals surface area (Å²) in [6.45, 7) is 2.36. The zero-order chi connectivity index (χ0) is 26.6. The molecule has 3 aromatic rings. The Morgan fingerprint density at radius 3 is 2.00 bits per heavy atom. The van der Waals surface area contributed by atoms with Crippen molar-refractivity contribution in [2.24, 2.45) is 23.2 Å². The van der Waals surface area contributed by atoms with Gasteiger partial charge in [-0.15, -0.1) is 0 Å². The fourth-order valence-corrected chi connectivity index (χ4v) is 7.78. The summed E-state index contributed by atoms with van der Waals surface area (Å²) in [7, 11) is 0. The SMILES string of the molecule is CCOC(=O)C12C3C(=O)[C@H](CC[C@]31OCc1ccccc1)[C@@H]2C1O[C@@H](c2ccccc2)[C@H](c2ccccc2)O1. The molecule has 1 saturated heterocycles. The van der Waals surface area contributed by atoms with Gasteiger partial charge in [-0.25, -0.2) is 0 Å². The molecule has 7 atom stereocenters. The van der Waals surface area contributed by atoms with Crippen molar-refractivity contribution >= 4 is 11.8 Å². The molecule has 0 spiro atoms. The van der Waals surface area contributed by atoms with Crippen molar-refractivity contribution in [3.8, 4) is 0 Å². The highest BCUT2D eigenvalue weighted by Gasteiger charge is 2.95. The van der Waals surface area contributed by atoms with Gasteiger partial charge in [0.1, 0.15) is 23.4 Å². The molecule has 6 heteroatoms. The largest absolute Gasteiger partial charge is 0.465 e. The number of ether oxygens (including phenoxy) is 4. The first-order chi connectivity index (χ1) is 19.1. The van der Waals surface area contributed by atoms with Gasteiger partial charge in [-0.2, -0.15) is 0 Å². The number of esters is 1. The summed E-state index contributed by atoms with van der Waals surface area (Å²) in [5, 5.41) is 0. The van der Waals surface area contributed by atoms with Crippen LogP contribution >= 0.6 is 0 Å². The first-order valence-corrected chi connectivity index (χ1v) is 13.9. The molecule has 4 saturated carbocycles. The molecule has 0 N–H and O–H groups in total. The minimum absolute atomic E-state index is 0.0824. The first kappa shape index (κ1) is 24.7. The summed E-state index contributed by atoms with van der Waals surface area (Å²) in [5.41, 5.74) is 0.996. The van der Waals surface area contributed by atoms with Crippen LogP contribution in [0.25, 0.3) is 0 Å². The molecule has 200 valence electrons. The van der Waals surface area contributed by atoms with Gasteiger partial charge in [-0.1, -0.05) is 91.0 Å². The van der Waals surface area contributed by atoms with E-state index in [-0.39, 0.29) is 36.5 Å². The lowest BCUT2D eigenvalue weighted by Gasteiger charge is -2.41. The number of fused-ring (bicyclic) bond motifs is 1. The summed E-state index contributed by atoms with van der Waals surface area (Å²) >= 11 is 0. The van der Waals surface area contributed by atoms with Crippen LogP contribution in [0.1, 0.15) is 48.7 Å². The number of carbonyl (C=O) groups is 2. The fraction of sp³-hybridized carbons (Fsp3) is 0.394. The van der Waals surface area contributed by atoms with Gasteiger partial charge in [0.2, 0.25) is 0 Å². The molecule has 4 aliphatic carbocycles. The van der Waals surface area contributed by atoms with Crippen molar-refractivity contribution < 1.29 is 28.5 Å². The van der Waals surface area contributed by atoms with Crippen LogP contribution in [0.4, 0.5) is 0 Å². The average molecular weight is 525 g/mol. The van der Waals surface area contributed by atoms with Gasteiger partial charge in [0, 0.05) is 11.8 Å². The minimum atomic E-state index is -1.10. The predicted molar refractivity (Wildman–Crippen MR) is 142 cm³/mol. The summed E-state index contributed by atoms with van der Waals surface area (Å²) in [4.78, 5) is 27.7. The van der Waals surface area contributed by atoms with Gasteiger partial charge in [0.25, 0.3) is 0 Å². The Bertz CT molecular complexity index is 1310. The molecular formula is C33H32O6. The third kappa shape index (κ3) is 3.51. The van der Waals surface area contributed by atoms with E-state index in [1.807, 2.05) is 91.0 Å². The minimum Gasteiger partial charge on any atom is -0.465 e. The second-order valence-electron chi connectivity index (χ2n) is 11.1. The molecule has 6 nitrogen and oxygen atoms in total. The molecular weight excluding hydrogens is 492 g/mol. The Morgan fingerprint density at radius 1 is 0.872 bits per heavy atom. The van der Waals surface area contributed by atoms with E-state index in [9.17, 15) is 9.59 Å². The number of rotatable bonds is 8. The van der Waals surface area contributed by atoms with Crippen LogP contribution < -0.4 is 0 Å². The lowest BCUT2D eigenvalue weighted by Crippen LogP contribution is -2.50. The molecule has 4 bridgehead atoms. The summed E-state index contributed by atoms with van der Waals surface area (Å²) in [6, 6.07) is 29.9. The van der Waals surface area contributed by atoms with Gasteiger partial charge < -0.3 is 18.9 Å². The van der Waals surface area contributed by atoms with Crippen molar-refractivity contribution in [1.82, 2.24) is 0 Å². The second kappa shape index (κ2) is 9.40. The zero-order valence-electron chi connectivity index (χ0n) is 21.9. The number of benzene rings is 3. The predicted octanol–water partition coefficient (Wildman–Crippen LogP) is 5.59. The highest BCUT2D eigenvalue weighted by Crippen LogP contribution is 2.82. The van der Waals surface area contributed by atoms with Gasteiger partial charge in [-0.3, -0.25) is 9.59 Å². The van der Waals surface area contributed by atoms with Crippen LogP contribution in [0.15, 0.2) is 91.0 Å². The topological polar surface area (TPSA) is 71.1 Å². The van der Waals surface area contributed by atoms with E-state index < -0.39 is 29.1 Å². The summed E-state index contributed by atoms with van der Waals surface area (Å²) in [5.74, 6) is -1.61. The van der Waals surface area contributed by atoms with E-state index in [4.69, 9.17) is 18.9 Å². The molecule has 0 radical (unpaired) electrons. The molecule has 3 aromatic carbocycles. The highest BCUT2D eigenvalue weighted by atomic mass is 16.7. The third-order valence-electron chi connectivity index (χ3n) is 9.31. The standard InChI is InChI=1S/C33H32O6/c1-2-36-31(35)33-25(24-18-19-32(33,29(33)26(24)34)37-20-21-12-6-3-7-13-21)30-38-27(22-14-8-4-9-15-22)28(39-30)23-16-10-5-11-17-23/h3-17,24-25,27-30H,2,18-20H2,1H3/t24-,25-,27+,28+,29?,32+,33?/m1/s1. The molecule has 39 heavy (non-hydrogen) atoms. The Kier molecular flexibility index (Phi) is 5.96. The number of hydrogen-bond acceptors (Lipinski definition) is 6. The number of carbonyl (C=O) groups excluding carboxylic acids is 2. The fourth-order valence-electron chi connectivity index (χ4n) is 7.78. The van der Waals surface area contributed by atoms with Crippen molar-refractivity contribution in [3.05, 3.63) is 108 Å². The van der Waals surface area contributed by atoms with Crippen LogP contribution in [0.2, 0.25) is 0 Å². The third-order valence-corrected chi connectivity index (χ3v) is 9.31. The van der Waals surface area contributed by atoms with Gasteiger partial charge >= 0.3 is 5.97 Å². The Morgan fingerprint density at radius 2 is 1.44 bits per heavy atom. The van der Waals surface area contributed by atoms with Gasteiger partial charge in [0.05, 0.1) is 24.7 Å². The van der Waals surface area contributed by atoms with Crippen molar-refractivity contribution in [3.63, 3.8) is 0 Å². The molecule has 5 aliphatic rings. The summed E-state index contributed by atoms with van der Waals surface area (Å²) < 4.78 is 25.7. The van der Waals surface area contributed by atoms with Crippen molar-refractivity contribution in [2.45, 2.75) is 50.5 Å². The maximum Gasteiger partial charge on any atom is 0.316 e. The van der Waals surface area contributed by atoms with Gasteiger partial charge in [-0.05, 0) is 36.5 Å². The normalized spacial score (nSPS) is 34.7. The second-order valence-corrected chi connectivity index (χ2v) is 11.1. The van der Waals surface area contributed by atoms with E-state index in [1.54, 1.807) is 6.92 Å². The lowest BCUT2D eigenvalue weighted by atomic mass is 9.69. The van der Waals surface area contributed by atoms with E-state index in [1.165, 1.54) is 0 Å². The van der Waals surface area contributed by atoms with Crippen LogP contribution in [-0.4, -0.2) is 30.3 Å². The smallest absolute Gasteiger partial charge is 0.316 e. The monoisotopic (exact) mass is 524 g/mol. The first-order valence-electron chi connectivity index (χ1n) is 13.9. The molecule has 0 aromatic heterocycles. The number of hydrogen-bond donors (Lipinski definition) is 0.